The van der Waals surface area contributed by atoms with Crippen LogP contribution in [-0.4, -0.2) is 16.6 Å². The van der Waals surface area contributed by atoms with Crippen molar-refractivity contribution in [3.63, 3.8) is 0 Å². The second-order valence-corrected chi connectivity index (χ2v) is 4.59. The molecule has 2 rings (SSSR count). The van der Waals surface area contributed by atoms with E-state index in [1.165, 1.54) is 11.1 Å². The molecule has 0 radical (unpaired) electrons. The topological polar surface area (TPSA) is 29.9 Å². The molecular weight excluding hydrogens is 222 g/mol. The highest BCUT2D eigenvalue weighted by Crippen LogP contribution is 2.18. The largest absolute Gasteiger partial charge is 0.338 e. The zero-order valence-corrected chi connectivity index (χ0v) is 11.4. The second-order valence-electron chi connectivity index (χ2n) is 4.59. The number of imidazole rings is 1. The normalized spacial score (nSPS) is 12.6. The second kappa shape index (κ2) is 5.83. The zero-order valence-electron chi connectivity index (χ0n) is 11.4. The Morgan fingerprint density at radius 3 is 2.50 bits per heavy atom. The van der Waals surface area contributed by atoms with E-state index in [4.69, 9.17) is 0 Å². The molecule has 0 aliphatic heterocycles. The van der Waals surface area contributed by atoms with Gasteiger partial charge in [-0.15, -0.1) is 0 Å². The molecule has 1 atom stereocenters. The fourth-order valence-corrected chi connectivity index (χ4v) is 2.15. The van der Waals surface area contributed by atoms with Gasteiger partial charge in [0.2, 0.25) is 0 Å². The lowest BCUT2D eigenvalue weighted by atomic mass is 10.0. The van der Waals surface area contributed by atoms with E-state index < -0.39 is 0 Å². The Labute approximate surface area is 109 Å². The van der Waals surface area contributed by atoms with Crippen LogP contribution in [-0.2, 0) is 19.9 Å². The van der Waals surface area contributed by atoms with Crippen LogP contribution in [0.25, 0.3) is 0 Å². The molecule has 1 N–H and O–H groups in total. The number of benzene rings is 1. The molecule has 1 heterocycles. The maximum Gasteiger partial charge on any atom is 0.110 e. The first kappa shape index (κ1) is 12.8. The first-order valence-electron chi connectivity index (χ1n) is 6.47. The summed E-state index contributed by atoms with van der Waals surface area (Å²) < 4.78 is 2.07. The molecule has 3 heteroatoms. The van der Waals surface area contributed by atoms with Crippen LogP contribution in [0.1, 0.15) is 29.9 Å². The van der Waals surface area contributed by atoms with Crippen molar-refractivity contribution in [1.82, 2.24) is 14.9 Å². The number of nitrogens with one attached hydrogen (secondary N) is 1. The molecule has 1 aromatic heterocycles. The van der Waals surface area contributed by atoms with E-state index in [-0.39, 0.29) is 0 Å². The van der Waals surface area contributed by atoms with E-state index in [0.29, 0.717) is 6.04 Å². The Morgan fingerprint density at radius 2 is 2.00 bits per heavy atom. The molecule has 1 unspecified atom stereocenters. The number of aromatic nitrogens is 2. The molecule has 0 saturated heterocycles. The molecule has 0 aliphatic rings. The van der Waals surface area contributed by atoms with Crippen molar-refractivity contribution in [2.75, 3.05) is 7.05 Å². The minimum Gasteiger partial charge on any atom is -0.338 e. The SMILES string of the molecule is CCc1ccc(C(Cc2nccn2C)NC)cc1. The number of nitrogens with zero attached hydrogens (tertiary/aromatic N) is 2. The van der Waals surface area contributed by atoms with Crippen LogP contribution in [0.3, 0.4) is 0 Å². The van der Waals surface area contributed by atoms with Gasteiger partial charge in [0.15, 0.2) is 0 Å². The molecule has 0 spiro atoms. The molecule has 1 aromatic carbocycles. The van der Waals surface area contributed by atoms with E-state index in [1.54, 1.807) is 0 Å². The Bertz CT molecular complexity index is 485. The van der Waals surface area contributed by atoms with Gasteiger partial charge in [0.1, 0.15) is 5.82 Å². The average molecular weight is 243 g/mol. The number of rotatable bonds is 5. The summed E-state index contributed by atoms with van der Waals surface area (Å²) in [5, 5.41) is 3.37. The van der Waals surface area contributed by atoms with Gasteiger partial charge in [-0.1, -0.05) is 31.2 Å². The highest BCUT2D eigenvalue weighted by molar-refractivity contribution is 5.25. The lowest BCUT2D eigenvalue weighted by molar-refractivity contribution is 0.563. The molecule has 0 amide bonds. The summed E-state index contributed by atoms with van der Waals surface area (Å²) in [7, 11) is 4.04. The van der Waals surface area contributed by atoms with Gasteiger partial charge in [-0.2, -0.15) is 0 Å². The van der Waals surface area contributed by atoms with Crippen molar-refractivity contribution in [1.29, 1.82) is 0 Å². The molecular formula is C15H21N3. The summed E-state index contributed by atoms with van der Waals surface area (Å²) in [5.41, 5.74) is 2.70. The molecule has 3 nitrogen and oxygen atoms in total. The summed E-state index contributed by atoms with van der Waals surface area (Å²) in [6.45, 7) is 2.18. The van der Waals surface area contributed by atoms with Crippen molar-refractivity contribution in [2.45, 2.75) is 25.8 Å². The number of hydrogen-bond acceptors (Lipinski definition) is 2. The lowest BCUT2D eigenvalue weighted by Gasteiger charge is -2.16. The van der Waals surface area contributed by atoms with Crippen molar-refractivity contribution >= 4 is 0 Å². The Hall–Kier alpha value is -1.61. The van der Waals surface area contributed by atoms with Crippen LogP contribution in [0, 0.1) is 0 Å². The third-order valence-corrected chi connectivity index (χ3v) is 3.45. The number of likely N-dealkylation sites (N-methyl/N-ethyl adjacent to an activating group) is 1. The fraction of sp³-hybridized carbons (Fsp3) is 0.400. The first-order valence-corrected chi connectivity index (χ1v) is 6.47. The summed E-state index contributed by atoms with van der Waals surface area (Å²) >= 11 is 0. The molecule has 0 fully saturated rings. The standard InChI is InChI=1S/C15H21N3/c1-4-12-5-7-13(8-6-12)14(16-2)11-15-17-9-10-18(15)3/h5-10,14,16H,4,11H2,1-3H3. The minimum atomic E-state index is 0.317. The molecule has 96 valence electrons. The molecule has 0 bridgehead atoms. The minimum absolute atomic E-state index is 0.317. The van der Waals surface area contributed by atoms with E-state index in [9.17, 15) is 0 Å². The van der Waals surface area contributed by atoms with Crippen molar-refractivity contribution in [3.8, 4) is 0 Å². The van der Waals surface area contributed by atoms with Gasteiger partial charge in [-0.25, -0.2) is 4.98 Å². The van der Waals surface area contributed by atoms with Crippen LogP contribution >= 0.6 is 0 Å². The van der Waals surface area contributed by atoms with Gasteiger partial charge < -0.3 is 9.88 Å². The van der Waals surface area contributed by atoms with Crippen LogP contribution in [0.15, 0.2) is 36.7 Å². The van der Waals surface area contributed by atoms with Crippen molar-refractivity contribution < 1.29 is 0 Å². The molecule has 0 saturated carbocycles. The zero-order chi connectivity index (χ0) is 13.0. The fourth-order valence-electron chi connectivity index (χ4n) is 2.15. The average Bonchev–Trinajstić information content (AvgIpc) is 2.81. The maximum absolute atomic E-state index is 4.39. The Balaban J connectivity index is 2.15. The monoisotopic (exact) mass is 243 g/mol. The van der Waals surface area contributed by atoms with E-state index in [1.807, 2.05) is 26.5 Å². The van der Waals surface area contributed by atoms with Crippen LogP contribution in [0.2, 0.25) is 0 Å². The highest BCUT2D eigenvalue weighted by Gasteiger charge is 2.12. The summed E-state index contributed by atoms with van der Waals surface area (Å²) in [6, 6.07) is 9.15. The van der Waals surface area contributed by atoms with E-state index in [0.717, 1.165) is 18.7 Å². The molecule has 2 aromatic rings. The summed E-state index contributed by atoms with van der Waals surface area (Å²) in [5.74, 6) is 1.11. The smallest absolute Gasteiger partial charge is 0.110 e. The molecule has 0 aliphatic carbocycles. The van der Waals surface area contributed by atoms with Crippen LogP contribution in [0.4, 0.5) is 0 Å². The van der Waals surface area contributed by atoms with E-state index in [2.05, 4.69) is 46.1 Å². The molecule has 18 heavy (non-hydrogen) atoms. The summed E-state index contributed by atoms with van der Waals surface area (Å²) in [6.07, 6.45) is 5.83. The van der Waals surface area contributed by atoms with Crippen molar-refractivity contribution in [2.24, 2.45) is 7.05 Å². The number of aryl methyl sites for hydroxylation is 2. The highest BCUT2D eigenvalue weighted by atomic mass is 15.0. The van der Waals surface area contributed by atoms with Gasteiger partial charge in [0, 0.05) is 31.9 Å². The van der Waals surface area contributed by atoms with Crippen molar-refractivity contribution in [3.05, 3.63) is 53.6 Å². The Morgan fingerprint density at radius 1 is 1.28 bits per heavy atom. The van der Waals surface area contributed by atoms with Gasteiger partial charge >= 0.3 is 0 Å². The summed E-state index contributed by atoms with van der Waals surface area (Å²) in [4.78, 5) is 4.39. The number of hydrogen-bond donors (Lipinski definition) is 1. The predicted molar refractivity (Wildman–Crippen MR) is 74.5 cm³/mol. The van der Waals surface area contributed by atoms with Gasteiger partial charge in [0.25, 0.3) is 0 Å². The van der Waals surface area contributed by atoms with Gasteiger partial charge in [-0.05, 0) is 24.6 Å². The van der Waals surface area contributed by atoms with Crippen LogP contribution < -0.4 is 5.32 Å². The quantitative estimate of drug-likeness (QED) is 0.874. The van der Waals surface area contributed by atoms with Gasteiger partial charge in [0.05, 0.1) is 0 Å². The first-order chi connectivity index (χ1) is 8.74. The third-order valence-electron chi connectivity index (χ3n) is 3.45. The van der Waals surface area contributed by atoms with E-state index >= 15 is 0 Å². The predicted octanol–water partition coefficient (Wildman–Crippen LogP) is 2.49. The Kier molecular flexibility index (Phi) is 4.15. The van der Waals surface area contributed by atoms with Crippen LogP contribution in [0.5, 0.6) is 0 Å². The lowest BCUT2D eigenvalue weighted by Crippen LogP contribution is -2.20. The third kappa shape index (κ3) is 2.79. The maximum atomic E-state index is 4.39. The van der Waals surface area contributed by atoms with Gasteiger partial charge in [-0.3, -0.25) is 0 Å².